The fraction of sp³-hybridized carbons (Fsp3) is 0.385. The molecule has 0 fully saturated rings. The number of benzene rings is 1. The number of hydrogen-bond acceptors (Lipinski definition) is 3. The molecular weight excluding hydrogens is 268 g/mol. The normalized spacial score (nSPS) is 11.9. The van der Waals surface area contributed by atoms with E-state index in [-0.39, 0.29) is 18.0 Å². The molecule has 1 aromatic carbocycles. The van der Waals surface area contributed by atoms with Crippen LogP contribution < -0.4 is 11.1 Å². The number of hydrogen-bond donors (Lipinski definition) is 3. The highest BCUT2D eigenvalue weighted by molar-refractivity contribution is 6.31. The van der Waals surface area contributed by atoms with E-state index in [4.69, 9.17) is 22.4 Å². The number of carbonyl (C=O) groups is 2. The summed E-state index contributed by atoms with van der Waals surface area (Å²) in [4.78, 5) is 22.1. The van der Waals surface area contributed by atoms with Gasteiger partial charge in [-0.05, 0) is 24.6 Å². The largest absolute Gasteiger partial charge is 0.481 e. The van der Waals surface area contributed by atoms with Crippen LogP contribution in [-0.4, -0.2) is 23.0 Å². The molecule has 1 aromatic rings. The van der Waals surface area contributed by atoms with Gasteiger partial charge in [-0.25, -0.2) is 0 Å². The summed E-state index contributed by atoms with van der Waals surface area (Å²) >= 11 is 5.81. The van der Waals surface area contributed by atoms with Crippen LogP contribution in [0.3, 0.4) is 0 Å². The van der Waals surface area contributed by atoms with E-state index in [0.29, 0.717) is 17.1 Å². The smallest absolute Gasteiger partial charge is 0.305 e. The number of anilines is 1. The molecule has 0 bridgehead atoms. The van der Waals surface area contributed by atoms with E-state index in [9.17, 15) is 9.59 Å². The number of aliphatic carboxylic acids is 1. The number of carboxylic acid groups (broad SMARTS) is 1. The summed E-state index contributed by atoms with van der Waals surface area (Å²) in [6.07, 6.45) is 1.51. The molecule has 0 aliphatic carbocycles. The average molecular weight is 285 g/mol. The SMILES string of the molecule is CCCC(CC(=O)O)Nc1ccc(Cl)cc1C(N)=O. The van der Waals surface area contributed by atoms with Gasteiger partial charge in [-0.2, -0.15) is 0 Å². The number of primary amides is 1. The Morgan fingerprint density at radius 3 is 2.68 bits per heavy atom. The fourth-order valence-electron chi connectivity index (χ4n) is 1.85. The van der Waals surface area contributed by atoms with E-state index in [1.54, 1.807) is 12.1 Å². The minimum atomic E-state index is -0.888. The van der Waals surface area contributed by atoms with Gasteiger partial charge in [0, 0.05) is 16.8 Å². The van der Waals surface area contributed by atoms with E-state index in [1.165, 1.54) is 6.07 Å². The van der Waals surface area contributed by atoms with Gasteiger partial charge in [-0.1, -0.05) is 24.9 Å². The Morgan fingerprint density at radius 2 is 2.16 bits per heavy atom. The first-order valence-corrected chi connectivity index (χ1v) is 6.39. The Hall–Kier alpha value is -1.75. The average Bonchev–Trinajstić information content (AvgIpc) is 2.30. The third-order valence-electron chi connectivity index (χ3n) is 2.66. The molecule has 4 N–H and O–H groups in total. The number of carbonyl (C=O) groups excluding carboxylic acids is 1. The van der Waals surface area contributed by atoms with E-state index < -0.39 is 11.9 Å². The zero-order valence-electron chi connectivity index (χ0n) is 10.6. The number of halogens is 1. The van der Waals surface area contributed by atoms with Crippen LogP contribution in [0.5, 0.6) is 0 Å². The Labute approximate surface area is 116 Å². The molecule has 0 aromatic heterocycles. The topological polar surface area (TPSA) is 92.4 Å². The summed E-state index contributed by atoms with van der Waals surface area (Å²) in [6.45, 7) is 1.97. The predicted octanol–water partition coefficient (Wildman–Crippen LogP) is 2.49. The van der Waals surface area contributed by atoms with E-state index in [0.717, 1.165) is 6.42 Å². The second kappa shape index (κ2) is 6.99. The van der Waals surface area contributed by atoms with E-state index in [2.05, 4.69) is 5.32 Å². The lowest BCUT2D eigenvalue weighted by atomic mass is 10.1. The monoisotopic (exact) mass is 284 g/mol. The van der Waals surface area contributed by atoms with Gasteiger partial charge in [0.05, 0.1) is 12.0 Å². The fourth-order valence-corrected chi connectivity index (χ4v) is 2.02. The van der Waals surface area contributed by atoms with Crippen LogP contribution in [0.2, 0.25) is 5.02 Å². The molecule has 1 rings (SSSR count). The number of rotatable bonds is 7. The maximum absolute atomic E-state index is 11.3. The molecule has 104 valence electrons. The lowest BCUT2D eigenvalue weighted by molar-refractivity contribution is -0.137. The molecule has 0 saturated carbocycles. The summed E-state index contributed by atoms with van der Waals surface area (Å²) in [5.74, 6) is -1.49. The van der Waals surface area contributed by atoms with Crippen molar-refractivity contribution in [3.8, 4) is 0 Å². The standard InChI is InChI=1S/C13H17ClN2O3/c1-2-3-9(7-12(17)18)16-11-5-4-8(14)6-10(11)13(15)19/h4-6,9,16H,2-3,7H2,1H3,(H2,15,19)(H,17,18). The van der Waals surface area contributed by atoms with Gasteiger partial charge >= 0.3 is 5.97 Å². The molecule has 0 radical (unpaired) electrons. The van der Waals surface area contributed by atoms with Gasteiger partial charge in [0.1, 0.15) is 0 Å². The summed E-state index contributed by atoms with van der Waals surface area (Å²) in [6, 6.07) is 4.48. The Bertz CT molecular complexity index is 477. The van der Waals surface area contributed by atoms with Crippen molar-refractivity contribution in [2.24, 2.45) is 5.73 Å². The zero-order chi connectivity index (χ0) is 14.4. The maximum Gasteiger partial charge on any atom is 0.305 e. The minimum absolute atomic E-state index is 0.0192. The molecule has 1 atom stereocenters. The second-order valence-corrected chi connectivity index (χ2v) is 4.72. The minimum Gasteiger partial charge on any atom is -0.481 e. The number of nitrogens with two attached hydrogens (primary N) is 1. The molecule has 5 nitrogen and oxygen atoms in total. The van der Waals surface area contributed by atoms with Crippen LogP contribution in [0.15, 0.2) is 18.2 Å². The Balaban J connectivity index is 2.95. The molecule has 0 spiro atoms. The van der Waals surface area contributed by atoms with Crippen LogP contribution >= 0.6 is 11.6 Å². The number of nitrogens with one attached hydrogen (secondary N) is 1. The molecule has 1 unspecified atom stereocenters. The van der Waals surface area contributed by atoms with Crippen LogP contribution in [0.1, 0.15) is 36.5 Å². The highest BCUT2D eigenvalue weighted by Gasteiger charge is 2.16. The molecule has 6 heteroatoms. The van der Waals surface area contributed by atoms with Crippen molar-refractivity contribution in [1.82, 2.24) is 0 Å². The predicted molar refractivity (Wildman–Crippen MR) is 74.5 cm³/mol. The third-order valence-corrected chi connectivity index (χ3v) is 2.90. The van der Waals surface area contributed by atoms with E-state index >= 15 is 0 Å². The van der Waals surface area contributed by atoms with Gasteiger partial charge in [0.15, 0.2) is 0 Å². The summed E-state index contributed by atoms with van der Waals surface area (Å²) in [5.41, 5.74) is 6.05. The zero-order valence-corrected chi connectivity index (χ0v) is 11.4. The van der Waals surface area contributed by atoms with Gasteiger partial charge in [-0.3, -0.25) is 9.59 Å². The molecule has 0 heterocycles. The lowest BCUT2D eigenvalue weighted by Crippen LogP contribution is -2.25. The Morgan fingerprint density at radius 1 is 1.47 bits per heavy atom. The molecule has 1 amide bonds. The molecule has 0 aliphatic heterocycles. The van der Waals surface area contributed by atoms with Gasteiger partial charge in [0.2, 0.25) is 0 Å². The van der Waals surface area contributed by atoms with Crippen molar-refractivity contribution < 1.29 is 14.7 Å². The molecule has 0 saturated heterocycles. The number of carboxylic acids is 1. The molecule has 19 heavy (non-hydrogen) atoms. The molecular formula is C13H17ClN2O3. The number of amides is 1. The van der Waals surface area contributed by atoms with Crippen molar-refractivity contribution in [2.75, 3.05) is 5.32 Å². The Kier molecular flexibility index (Phi) is 5.63. The van der Waals surface area contributed by atoms with Crippen molar-refractivity contribution in [2.45, 2.75) is 32.2 Å². The first-order chi connectivity index (χ1) is 8.93. The van der Waals surface area contributed by atoms with Crippen molar-refractivity contribution >= 4 is 29.2 Å². The quantitative estimate of drug-likeness (QED) is 0.717. The van der Waals surface area contributed by atoms with Crippen LogP contribution in [0.4, 0.5) is 5.69 Å². The second-order valence-electron chi connectivity index (χ2n) is 4.28. The van der Waals surface area contributed by atoms with Gasteiger partial charge in [0.25, 0.3) is 5.91 Å². The van der Waals surface area contributed by atoms with Gasteiger partial charge < -0.3 is 16.2 Å². The third kappa shape index (κ3) is 4.79. The first-order valence-electron chi connectivity index (χ1n) is 6.01. The van der Waals surface area contributed by atoms with Gasteiger partial charge in [-0.15, -0.1) is 0 Å². The maximum atomic E-state index is 11.3. The van der Waals surface area contributed by atoms with E-state index in [1.807, 2.05) is 6.92 Å². The summed E-state index contributed by atoms with van der Waals surface area (Å²) in [7, 11) is 0. The van der Waals surface area contributed by atoms with Crippen molar-refractivity contribution in [3.05, 3.63) is 28.8 Å². The van der Waals surface area contributed by atoms with Crippen LogP contribution in [0.25, 0.3) is 0 Å². The van der Waals surface area contributed by atoms with Crippen LogP contribution in [0, 0.1) is 0 Å². The van der Waals surface area contributed by atoms with Crippen molar-refractivity contribution in [3.63, 3.8) is 0 Å². The lowest BCUT2D eigenvalue weighted by Gasteiger charge is -2.19. The molecule has 0 aliphatic rings. The highest BCUT2D eigenvalue weighted by Crippen LogP contribution is 2.22. The van der Waals surface area contributed by atoms with Crippen molar-refractivity contribution in [1.29, 1.82) is 0 Å². The summed E-state index contributed by atoms with van der Waals surface area (Å²) in [5, 5.41) is 12.3. The van der Waals surface area contributed by atoms with Crippen LogP contribution in [-0.2, 0) is 4.79 Å². The summed E-state index contributed by atoms with van der Waals surface area (Å²) < 4.78 is 0. The first kappa shape index (κ1) is 15.3. The highest BCUT2D eigenvalue weighted by atomic mass is 35.5.